The fourth-order valence-corrected chi connectivity index (χ4v) is 1.06. The van der Waals surface area contributed by atoms with Crippen LogP contribution in [0.1, 0.15) is 40.5 Å². The topological polar surface area (TPSA) is 21.3 Å². The number of ether oxygens (including phenoxy) is 1. The lowest BCUT2D eigenvalue weighted by molar-refractivity contribution is 0.104. The molecule has 0 aromatic rings. The number of nitrogens with one attached hydrogen (secondary N) is 1. The maximum absolute atomic E-state index is 5.20. The molecule has 0 aliphatic heterocycles. The van der Waals surface area contributed by atoms with E-state index in [9.17, 15) is 0 Å². The van der Waals surface area contributed by atoms with Crippen LogP contribution in [0.4, 0.5) is 0 Å². The Labute approximate surface area is 70.3 Å². The summed E-state index contributed by atoms with van der Waals surface area (Å²) in [5.74, 6) is 0. The molecule has 11 heavy (non-hydrogen) atoms. The molecule has 0 bridgehead atoms. The molecule has 0 unspecified atom stereocenters. The Bertz CT molecular complexity index is 91.6. The summed E-state index contributed by atoms with van der Waals surface area (Å²) in [5, 5.41) is 3.34. The van der Waals surface area contributed by atoms with Crippen molar-refractivity contribution in [1.82, 2.24) is 5.32 Å². The highest BCUT2D eigenvalue weighted by atomic mass is 16.5. The molecule has 0 spiro atoms. The van der Waals surface area contributed by atoms with Crippen molar-refractivity contribution in [2.45, 2.75) is 46.1 Å². The predicted molar refractivity (Wildman–Crippen MR) is 48.6 cm³/mol. The highest BCUT2D eigenvalue weighted by Crippen LogP contribution is 2.09. The number of hydrogen-bond acceptors (Lipinski definition) is 2. The van der Waals surface area contributed by atoms with E-state index >= 15 is 0 Å². The molecule has 0 aromatic carbocycles. The van der Waals surface area contributed by atoms with E-state index in [0.29, 0.717) is 6.73 Å². The Morgan fingerprint density at radius 2 is 1.91 bits per heavy atom. The first kappa shape index (κ1) is 10.9. The molecule has 0 heterocycles. The summed E-state index contributed by atoms with van der Waals surface area (Å²) in [7, 11) is 0. The fraction of sp³-hybridized carbons (Fsp3) is 1.00. The van der Waals surface area contributed by atoms with Gasteiger partial charge < -0.3 is 4.74 Å². The predicted octanol–water partition coefficient (Wildman–Crippen LogP) is 2.15. The molecule has 0 amide bonds. The second-order valence-electron chi connectivity index (χ2n) is 3.45. The Balaban J connectivity index is 3.38. The summed E-state index contributed by atoms with van der Waals surface area (Å²) in [6.07, 6.45) is 2.41. The zero-order valence-corrected chi connectivity index (χ0v) is 8.24. The van der Waals surface area contributed by atoms with E-state index in [1.165, 1.54) is 12.8 Å². The third-order valence-electron chi connectivity index (χ3n) is 1.73. The first-order chi connectivity index (χ1) is 5.12. The first-order valence-electron chi connectivity index (χ1n) is 4.45. The van der Waals surface area contributed by atoms with Crippen LogP contribution in [0.25, 0.3) is 0 Å². The lowest BCUT2D eigenvalue weighted by atomic mass is 10.00. The van der Waals surface area contributed by atoms with Crippen molar-refractivity contribution in [1.29, 1.82) is 0 Å². The summed E-state index contributed by atoms with van der Waals surface area (Å²) in [6.45, 7) is 10.1. The summed E-state index contributed by atoms with van der Waals surface area (Å²) < 4.78 is 5.20. The quantitative estimate of drug-likeness (QED) is 0.473. The second-order valence-corrected chi connectivity index (χ2v) is 3.45. The molecular weight excluding hydrogens is 138 g/mol. The third kappa shape index (κ3) is 6.32. The van der Waals surface area contributed by atoms with E-state index in [-0.39, 0.29) is 5.54 Å². The summed E-state index contributed by atoms with van der Waals surface area (Å²) >= 11 is 0. The Hall–Kier alpha value is -0.0800. The fourth-order valence-electron chi connectivity index (χ4n) is 1.06. The molecule has 1 N–H and O–H groups in total. The van der Waals surface area contributed by atoms with Gasteiger partial charge in [-0.1, -0.05) is 13.3 Å². The van der Waals surface area contributed by atoms with Crippen molar-refractivity contribution < 1.29 is 4.74 Å². The van der Waals surface area contributed by atoms with E-state index in [0.717, 1.165) is 6.61 Å². The zero-order valence-electron chi connectivity index (χ0n) is 8.24. The smallest absolute Gasteiger partial charge is 0.0969 e. The van der Waals surface area contributed by atoms with Gasteiger partial charge in [0.25, 0.3) is 0 Å². The van der Waals surface area contributed by atoms with Crippen LogP contribution in [0.15, 0.2) is 0 Å². The lowest BCUT2D eigenvalue weighted by Crippen LogP contribution is -2.40. The van der Waals surface area contributed by atoms with Gasteiger partial charge in [0.1, 0.15) is 0 Å². The zero-order chi connectivity index (χ0) is 8.74. The van der Waals surface area contributed by atoms with E-state index in [4.69, 9.17) is 4.74 Å². The van der Waals surface area contributed by atoms with Crippen LogP contribution in [0, 0.1) is 0 Å². The summed E-state index contributed by atoms with van der Waals surface area (Å²) in [4.78, 5) is 0. The maximum Gasteiger partial charge on any atom is 0.0969 e. The third-order valence-corrected chi connectivity index (χ3v) is 1.73. The van der Waals surface area contributed by atoms with Gasteiger partial charge in [0, 0.05) is 12.1 Å². The van der Waals surface area contributed by atoms with Crippen LogP contribution in [0.3, 0.4) is 0 Å². The van der Waals surface area contributed by atoms with Crippen LogP contribution < -0.4 is 5.32 Å². The first-order valence-corrected chi connectivity index (χ1v) is 4.45. The normalized spacial score (nSPS) is 12.0. The minimum Gasteiger partial charge on any atom is -0.367 e. The van der Waals surface area contributed by atoms with Gasteiger partial charge in [-0.25, -0.2) is 0 Å². The number of rotatable bonds is 6. The van der Waals surface area contributed by atoms with Crippen LogP contribution >= 0.6 is 0 Å². The molecule has 0 aliphatic carbocycles. The molecule has 68 valence electrons. The molecule has 0 aliphatic rings. The van der Waals surface area contributed by atoms with Crippen molar-refractivity contribution in [2.75, 3.05) is 13.3 Å². The standard InChI is InChI=1S/C9H21NO/c1-5-7-9(3,4)10-8-11-6-2/h10H,5-8H2,1-4H3. The SMILES string of the molecule is CCCC(C)(C)NCOCC. The molecule has 2 nitrogen and oxygen atoms in total. The van der Waals surface area contributed by atoms with Gasteiger partial charge in [0.05, 0.1) is 6.73 Å². The molecule has 0 atom stereocenters. The van der Waals surface area contributed by atoms with Gasteiger partial charge in [-0.15, -0.1) is 0 Å². The minimum atomic E-state index is 0.226. The van der Waals surface area contributed by atoms with Crippen LogP contribution in [0.5, 0.6) is 0 Å². The Kier molecular flexibility index (Phi) is 5.51. The Morgan fingerprint density at radius 3 is 2.36 bits per heavy atom. The highest BCUT2D eigenvalue weighted by molar-refractivity contribution is 4.74. The second kappa shape index (κ2) is 5.56. The van der Waals surface area contributed by atoms with Crippen LogP contribution in [-0.4, -0.2) is 18.9 Å². The van der Waals surface area contributed by atoms with Crippen molar-refractivity contribution in [2.24, 2.45) is 0 Å². The average molecular weight is 159 g/mol. The molecule has 2 heteroatoms. The highest BCUT2D eigenvalue weighted by Gasteiger charge is 2.14. The van der Waals surface area contributed by atoms with E-state index in [1.807, 2.05) is 6.92 Å². The molecule has 0 rings (SSSR count). The van der Waals surface area contributed by atoms with Crippen LogP contribution in [0.2, 0.25) is 0 Å². The minimum absolute atomic E-state index is 0.226. The van der Waals surface area contributed by atoms with Gasteiger partial charge in [-0.2, -0.15) is 0 Å². The van der Waals surface area contributed by atoms with E-state index < -0.39 is 0 Å². The summed E-state index contributed by atoms with van der Waals surface area (Å²) in [6, 6.07) is 0. The van der Waals surface area contributed by atoms with Crippen molar-refractivity contribution in [3.05, 3.63) is 0 Å². The average Bonchev–Trinajstić information content (AvgIpc) is 1.87. The van der Waals surface area contributed by atoms with Crippen LogP contribution in [-0.2, 0) is 4.74 Å². The van der Waals surface area contributed by atoms with E-state index in [2.05, 4.69) is 26.1 Å². The summed E-state index contributed by atoms with van der Waals surface area (Å²) in [5.41, 5.74) is 0.226. The Morgan fingerprint density at radius 1 is 1.27 bits per heavy atom. The molecule has 0 radical (unpaired) electrons. The van der Waals surface area contributed by atoms with Crippen molar-refractivity contribution in [3.63, 3.8) is 0 Å². The molecule has 0 saturated heterocycles. The maximum atomic E-state index is 5.20. The van der Waals surface area contributed by atoms with Gasteiger partial charge in [0.2, 0.25) is 0 Å². The molecule has 0 saturated carbocycles. The lowest BCUT2D eigenvalue weighted by Gasteiger charge is -2.25. The van der Waals surface area contributed by atoms with Gasteiger partial charge in [0.15, 0.2) is 0 Å². The molecular formula is C9H21NO. The van der Waals surface area contributed by atoms with Gasteiger partial charge >= 0.3 is 0 Å². The monoisotopic (exact) mass is 159 g/mol. The number of hydrogen-bond donors (Lipinski definition) is 1. The largest absolute Gasteiger partial charge is 0.367 e. The van der Waals surface area contributed by atoms with Crippen molar-refractivity contribution >= 4 is 0 Å². The molecule has 0 aromatic heterocycles. The van der Waals surface area contributed by atoms with Gasteiger partial charge in [-0.05, 0) is 27.2 Å². The van der Waals surface area contributed by atoms with E-state index in [1.54, 1.807) is 0 Å². The van der Waals surface area contributed by atoms with Crippen molar-refractivity contribution in [3.8, 4) is 0 Å². The van der Waals surface area contributed by atoms with Gasteiger partial charge in [-0.3, -0.25) is 5.32 Å². The molecule has 0 fully saturated rings.